The monoisotopic (exact) mass is 512 g/mol. The minimum Gasteiger partial charge on any atom is -0.493 e. The van der Waals surface area contributed by atoms with E-state index in [0.29, 0.717) is 11.1 Å². The maximum Gasteiger partial charge on any atom is 0.276 e. The molecule has 1 N–H and O–H groups in total. The van der Waals surface area contributed by atoms with Crippen LogP contribution in [0.5, 0.6) is 5.75 Å². The Kier molecular flexibility index (Phi) is 6.44. The molecule has 4 aromatic rings. The summed E-state index contributed by atoms with van der Waals surface area (Å²) in [4.78, 5) is 1.84. The Balaban J connectivity index is 1.93. The highest BCUT2D eigenvalue weighted by Gasteiger charge is 2.24. The van der Waals surface area contributed by atoms with Gasteiger partial charge in [-0.1, -0.05) is 35.9 Å². The molecule has 0 spiro atoms. The molecule has 3 aromatic carbocycles. The van der Waals surface area contributed by atoms with Crippen LogP contribution in [0.1, 0.15) is 16.7 Å². The van der Waals surface area contributed by atoms with Crippen molar-refractivity contribution in [2.45, 2.75) is 35.5 Å². The molecule has 35 heavy (non-hydrogen) atoms. The van der Waals surface area contributed by atoms with Gasteiger partial charge in [-0.15, -0.1) is 5.10 Å². The number of hydrogen-bond donors (Lipinski definition) is 1. The number of sulfone groups is 1. The van der Waals surface area contributed by atoms with Crippen LogP contribution in [0.15, 0.2) is 90.9 Å². The van der Waals surface area contributed by atoms with Gasteiger partial charge in [0.15, 0.2) is 11.3 Å². The molecule has 0 aliphatic rings. The smallest absolute Gasteiger partial charge is 0.276 e. The van der Waals surface area contributed by atoms with Crippen LogP contribution in [0.25, 0.3) is 11.0 Å². The van der Waals surface area contributed by atoms with E-state index in [1.54, 1.807) is 43.3 Å². The fourth-order valence-corrected chi connectivity index (χ4v) is 5.65. The van der Waals surface area contributed by atoms with Gasteiger partial charge >= 0.3 is 0 Å². The molecule has 0 aliphatic carbocycles. The summed E-state index contributed by atoms with van der Waals surface area (Å²) in [5.41, 5.74) is 2.42. The molecule has 0 amide bonds. The van der Waals surface area contributed by atoms with E-state index in [2.05, 4.69) is 9.93 Å². The van der Waals surface area contributed by atoms with Crippen molar-refractivity contribution in [1.29, 1.82) is 0 Å². The Morgan fingerprint density at radius 2 is 1.51 bits per heavy atom. The summed E-state index contributed by atoms with van der Waals surface area (Å²) in [6.45, 7) is 5.51. The number of ether oxygens (including phenoxy) is 1. The Hall–Kier alpha value is -3.63. The summed E-state index contributed by atoms with van der Waals surface area (Å²) in [7, 11) is -6.76. The van der Waals surface area contributed by atoms with Crippen molar-refractivity contribution in [1.82, 2.24) is 4.83 Å². The van der Waals surface area contributed by atoms with Crippen molar-refractivity contribution in [2.75, 3.05) is 7.11 Å². The first-order valence-corrected chi connectivity index (χ1v) is 13.5. The van der Waals surface area contributed by atoms with Gasteiger partial charge in [-0.05, 0) is 68.3 Å². The molecule has 1 aromatic heterocycles. The van der Waals surface area contributed by atoms with Crippen molar-refractivity contribution < 1.29 is 26.0 Å². The summed E-state index contributed by atoms with van der Waals surface area (Å²) in [6, 6.07) is 17.3. The minimum absolute atomic E-state index is 0.00865. The molecular formula is C25H24N2O6S2. The Morgan fingerprint density at radius 1 is 0.829 bits per heavy atom. The van der Waals surface area contributed by atoms with Gasteiger partial charge in [-0.2, -0.15) is 13.2 Å². The number of methoxy groups -OCH3 is 1. The second kappa shape index (κ2) is 9.20. The van der Waals surface area contributed by atoms with Crippen LogP contribution < -0.4 is 15.1 Å². The van der Waals surface area contributed by atoms with Gasteiger partial charge < -0.3 is 9.15 Å². The first-order chi connectivity index (χ1) is 16.5. The molecule has 1 heterocycles. The first-order valence-electron chi connectivity index (χ1n) is 10.6. The maximum atomic E-state index is 13.5. The molecule has 0 aliphatic heterocycles. The van der Waals surface area contributed by atoms with Crippen molar-refractivity contribution in [3.63, 3.8) is 0 Å². The summed E-state index contributed by atoms with van der Waals surface area (Å²) in [6.07, 6.45) is 0. The molecule has 0 atom stereocenters. The molecule has 0 saturated heterocycles. The molecule has 0 bridgehead atoms. The highest BCUT2D eigenvalue weighted by atomic mass is 32.2. The van der Waals surface area contributed by atoms with E-state index in [0.717, 1.165) is 16.7 Å². The summed E-state index contributed by atoms with van der Waals surface area (Å²) >= 11 is 0. The zero-order valence-electron chi connectivity index (χ0n) is 19.6. The number of nitrogens with zero attached hydrogens (tertiary/aromatic N) is 1. The maximum absolute atomic E-state index is 13.5. The third kappa shape index (κ3) is 4.80. The highest BCUT2D eigenvalue weighted by molar-refractivity contribution is 7.91. The minimum atomic E-state index is -4.11. The van der Waals surface area contributed by atoms with Gasteiger partial charge in [0.2, 0.25) is 9.84 Å². The van der Waals surface area contributed by atoms with E-state index < -0.39 is 25.4 Å². The lowest BCUT2D eigenvalue weighted by atomic mass is 10.1. The SMILES string of the molecule is COc1cccc2cc(S(=O)(=O)c3ccc(C)cc3)/c(=N\NS(=O)(=O)c3ccc(C)c(C)c3)oc12. The van der Waals surface area contributed by atoms with Crippen molar-refractivity contribution in [2.24, 2.45) is 5.10 Å². The van der Waals surface area contributed by atoms with Crippen LogP contribution in [0, 0.1) is 20.8 Å². The first kappa shape index (κ1) is 24.5. The number of hydrogen-bond acceptors (Lipinski definition) is 7. The summed E-state index contributed by atoms with van der Waals surface area (Å²) < 4.78 is 64.0. The van der Waals surface area contributed by atoms with Gasteiger partial charge in [-0.3, -0.25) is 0 Å². The molecule has 0 radical (unpaired) electrons. The van der Waals surface area contributed by atoms with Gasteiger partial charge in [0.1, 0.15) is 4.90 Å². The zero-order chi connectivity index (χ0) is 25.4. The number of rotatable bonds is 6. The van der Waals surface area contributed by atoms with Gasteiger partial charge in [0.05, 0.1) is 16.9 Å². The lowest BCUT2D eigenvalue weighted by molar-refractivity contribution is 0.402. The standard InChI is InChI=1S/C25H24N2O6S2/c1-16-8-11-20(12-9-16)34(28,29)23-15-19-6-5-7-22(32-4)24(19)33-25(23)26-27-35(30,31)21-13-10-17(2)18(3)14-21/h5-15,27H,1-4H3/b26-25+. The number of benzene rings is 3. The van der Waals surface area contributed by atoms with Crippen LogP contribution >= 0.6 is 0 Å². The van der Waals surface area contributed by atoms with E-state index in [9.17, 15) is 16.8 Å². The second-order valence-corrected chi connectivity index (χ2v) is 11.6. The average molecular weight is 513 g/mol. The predicted molar refractivity (Wildman–Crippen MR) is 131 cm³/mol. The van der Waals surface area contributed by atoms with E-state index in [-0.39, 0.29) is 20.3 Å². The van der Waals surface area contributed by atoms with E-state index in [1.165, 1.54) is 37.4 Å². The highest BCUT2D eigenvalue weighted by Crippen LogP contribution is 2.27. The van der Waals surface area contributed by atoms with E-state index in [1.807, 2.05) is 13.8 Å². The van der Waals surface area contributed by atoms with Crippen LogP contribution in [0.4, 0.5) is 0 Å². The summed E-state index contributed by atoms with van der Waals surface area (Å²) in [5, 5.41) is 4.35. The molecular weight excluding hydrogens is 488 g/mol. The molecule has 0 fully saturated rings. The third-order valence-electron chi connectivity index (χ3n) is 5.60. The van der Waals surface area contributed by atoms with Crippen molar-refractivity contribution >= 4 is 30.8 Å². The van der Waals surface area contributed by atoms with Crippen LogP contribution in [-0.2, 0) is 19.9 Å². The summed E-state index contributed by atoms with van der Waals surface area (Å²) in [5.74, 6) is 0.343. The Morgan fingerprint density at radius 3 is 2.17 bits per heavy atom. The van der Waals surface area contributed by atoms with Crippen LogP contribution in [0.3, 0.4) is 0 Å². The topological polar surface area (TPSA) is 115 Å². The zero-order valence-corrected chi connectivity index (χ0v) is 21.2. The predicted octanol–water partition coefficient (Wildman–Crippen LogP) is 3.99. The fourth-order valence-electron chi connectivity index (χ4n) is 3.42. The van der Waals surface area contributed by atoms with Gasteiger partial charge in [-0.25, -0.2) is 8.42 Å². The lowest BCUT2D eigenvalue weighted by Gasteiger charge is -2.10. The van der Waals surface area contributed by atoms with Gasteiger partial charge in [0.25, 0.3) is 15.6 Å². The van der Waals surface area contributed by atoms with E-state index in [4.69, 9.17) is 9.15 Å². The largest absolute Gasteiger partial charge is 0.493 e. The molecule has 10 heteroatoms. The number of fused-ring (bicyclic) bond motifs is 1. The second-order valence-electron chi connectivity index (χ2n) is 8.06. The van der Waals surface area contributed by atoms with Crippen molar-refractivity contribution in [3.05, 3.63) is 89.0 Å². The number of sulfonamides is 1. The number of nitrogens with one attached hydrogen (secondary N) is 1. The van der Waals surface area contributed by atoms with Crippen LogP contribution in [-0.4, -0.2) is 23.9 Å². The van der Waals surface area contributed by atoms with Crippen LogP contribution in [0.2, 0.25) is 0 Å². The third-order valence-corrected chi connectivity index (χ3v) is 8.57. The normalized spacial score (nSPS) is 12.6. The molecule has 8 nitrogen and oxygen atoms in total. The lowest BCUT2D eigenvalue weighted by Crippen LogP contribution is -2.25. The Bertz CT molecular complexity index is 1710. The molecule has 0 unspecified atom stereocenters. The molecule has 182 valence electrons. The fraction of sp³-hybridized carbons (Fsp3) is 0.160. The number of para-hydroxylation sites is 1. The average Bonchev–Trinajstić information content (AvgIpc) is 2.83. The molecule has 4 rings (SSSR count). The van der Waals surface area contributed by atoms with Gasteiger partial charge in [0, 0.05) is 5.39 Å². The van der Waals surface area contributed by atoms with Crippen molar-refractivity contribution in [3.8, 4) is 5.75 Å². The Labute approximate surface area is 203 Å². The number of aryl methyl sites for hydroxylation is 3. The van der Waals surface area contributed by atoms with E-state index >= 15 is 0 Å². The molecule has 0 saturated carbocycles. The quantitative estimate of drug-likeness (QED) is 0.391.